The van der Waals surface area contributed by atoms with E-state index < -0.39 is 0 Å². The molecule has 16 heavy (non-hydrogen) atoms. The van der Waals surface area contributed by atoms with Crippen LogP contribution in [0.25, 0.3) is 0 Å². The first-order chi connectivity index (χ1) is 7.60. The van der Waals surface area contributed by atoms with Gasteiger partial charge in [0.2, 0.25) is 0 Å². The van der Waals surface area contributed by atoms with E-state index in [1.54, 1.807) is 7.11 Å². The molecule has 4 nitrogen and oxygen atoms in total. The fourth-order valence-electron chi connectivity index (χ4n) is 1.35. The molecule has 0 unspecified atom stereocenters. The lowest BCUT2D eigenvalue weighted by atomic mass is 10.1. The molecule has 0 saturated heterocycles. The second kappa shape index (κ2) is 9.60. The van der Waals surface area contributed by atoms with Crippen molar-refractivity contribution in [2.45, 2.75) is 26.7 Å². The number of nitrogens with zero attached hydrogens (tertiary/aromatic N) is 1. The van der Waals surface area contributed by atoms with E-state index in [0.29, 0.717) is 18.9 Å². The first kappa shape index (κ1) is 15.4. The molecule has 96 valence electrons. The van der Waals surface area contributed by atoms with E-state index in [2.05, 4.69) is 23.5 Å². The van der Waals surface area contributed by atoms with Crippen molar-refractivity contribution in [2.75, 3.05) is 40.5 Å². The summed E-state index contributed by atoms with van der Waals surface area (Å²) >= 11 is 0. The molecule has 0 radical (unpaired) electrons. The Bertz CT molecular complexity index is 183. The summed E-state index contributed by atoms with van der Waals surface area (Å²) in [4.78, 5) is 13.3. The van der Waals surface area contributed by atoms with E-state index in [1.165, 1.54) is 7.11 Å². The number of rotatable bonds is 9. The lowest BCUT2D eigenvalue weighted by molar-refractivity contribution is -0.141. The average molecular weight is 231 g/mol. The van der Waals surface area contributed by atoms with Gasteiger partial charge in [-0.25, -0.2) is 0 Å². The first-order valence-corrected chi connectivity index (χ1v) is 5.88. The van der Waals surface area contributed by atoms with Crippen molar-refractivity contribution in [3.63, 3.8) is 0 Å². The van der Waals surface area contributed by atoms with Gasteiger partial charge in [-0.05, 0) is 18.9 Å². The third-order valence-corrected chi connectivity index (χ3v) is 2.49. The van der Waals surface area contributed by atoms with Gasteiger partial charge in [-0.15, -0.1) is 0 Å². The summed E-state index contributed by atoms with van der Waals surface area (Å²) in [6.45, 7) is 7.75. The molecular formula is C12H25NO3. The van der Waals surface area contributed by atoms with Crippen LogP contribution in [0.1, 0.15) is 26.7 Å². The highest BCUT2D eigenvalue weighted by molar-refractivity contribution is 5.69. The molecule has 0 aromatic carbocycles. The van der Waals surface area contributed by atoms with Gasteiger partial charge in [-0.2, -0.15) is 0 Å². The molecule has 0 aromatic heterocycles. The minimum atomic E-state index is -0.146. The zero-order valence-corrected chi connectivity index (χ0v) is 11.0. The molecule has 0 amide bonds. The normalized spacial score (nSPS) is 11.1. The van der Waals surface area contributed by atoms with Gasteiger partial charge < -0.3 is 14.4 Å². The Hall–Kier alpha value is -0.610. The molecular weight excluding hydrogens is 206 g/mol. The molecule has 0 saturated carbocycles. The topological polar surface area (TPSA) is 38.8 Å². The van der Waals surface area contributed by atoms with Crippen LogP contribution in [0, 0.1) is 5.92 Å². The van der Waals surface area contributed by atoms with Crippen LogP contribution < -0.4 is 0 Å². The number of carbonyl (C=O) groups excluding carboxylic acids is 1. The molecule has 4 heteroatoms. The molecule has 0 fully saturated rings. The highest BCUT2D eigenvalue weighted by atomic mass is 16.5. The SMILES string of the molecule is COCCN(CCC(=O)OC)CCC(C)C. The van der Waals surface area contributed by atoms with Gasteiger partial charge >= 0.3 is 5.97 Å². The quantitative estimate of drug-likeness (QED) is 0.564. The van der Waals surface area contributed by atoms with Crippen LogP contribution in [0.15, 0.2) is 0 Å². The molecule has 0 aromatic rings. The van der Waals surface area contributed by atoms with Gasteiger partial charge in [-0.1, -0.05) is 13.8 Å². The van der Waals surface area contributed by atoms with Crippen molar-refractivity contribution in [2.24, 2.45) is 5.92 Å². The van der Waals surface area contributed by atoms with Gasteiger partial charge in [0.1, 0.15) is 0 Å². The van der Waals surface area contributed by atoms with Crippen LogP contribution in [0.2, 0.25) is 0 Å². The van der Waals surface area contributed by atoms with E-state index in [1.807, 2.05) is 0 Å². The van der Waals surface area contributed by atoms with Crippen LogP contribution >= 0.6 is 0 Å². The maximum atomic E-state index is 11.0. The summed E-state index contributed by atoms with van der Waals surface area (Å²) in [6.07, 6.45) is 1.60. The third-order valence-electron chi connectivity index (χ3n) is 2.49. The number of hydrogen-bond donors (Lipinski definition) is 0. The van der Waals surface area contributed by atoms with Gasteiger partial charge in [0.15, 0.2) is 0 Å². The van der Waals surface area contributed by atoms with Gasteiger partial charge in [-0.3, -0.25) is 4.79 Å². The van der Waals surface area contributed by atoms with Gasteiger partial charge in [0.05, 0.1) is 20.1 Å². The van der Waals surface area contributed by atoms with Gasteiger partial charge in [0, 0.05) is 20.2 Å². The average Bonchev–Trinajstić information content (AvgIpc) is 2.27. The number of ether oxygens (including phenoxy) is 2. The predicted octanol–water partition coefficient (Wildman–Crippen LogP) is 1.54. The summed E-state index contributed by atoms with van der Waals surface area (Å²) < 4.78 is 9.69. The van der Waals surface area contributed by atoms with Gasteiger partial charge in [0.25, 0.3) is 0 Å². The third kappa shape index (κ3) is 8.68. The maximum Gasteiger partial charge on any atom is 0.306 e. The van der Waals surface area contributed by atoms with E-state index in [4.69, 9.17) is 4.74 Å². The standard InChI is InChI=1S/C12H25NO3/c1-11(2)5-7-13(9-10-15-3)8-6-12(14)16-4/h11H,5-10H2,1-4H3. The zero-order valence-electron chi connectivity index (χ0n) is 11.0. The first-order valence-electron chi connectivity index (χ1n) is 5.88. The van der Waals surface area contributed by atoms with E-state index in [-0.39, 0.29) is 5.97 Å². The summed E-state index contributed by atoms with van der Waals surface area (Å²) in [6, 6.07) is 0. The minimum absolute atomic E-state index is 0.146. The Morgan fingerprint density at radius 2 is 1.88 bits per heavy atom. The summed E-state index contributed by atoms with van der Waals surface area (Å²) in [5.74, 6) is 0.537. The zero-order chi connectivity index (χ0) is 12.4. The Morgan fingerprint density at radius 3 is 2.38 bits per heavy atom. The Labute approximate surface area is 98.9 Å². The molecule has 0 aliphatic carbocycles. The Morgan fingerprint density at radius 1 is 1.19 bits per heavy atom. The van der Waals surface area contributed by atoms with Crippen LogP contribution in [0.4, 0.5) is 0 Å². The molecule has 0 heterocycles. The van der Waals surface area contributed by atoms with Crippen LogP contribution in [-0.4, -0.2) is 51.3 Å². The molecule has 0 atom stereocenters. The summed E-state index contributed by atoms with van der Waals surface area (Å²) in [5, 5.41) is 0. The second-order valence-corrected chi connectivity index (χ2v) is 4.34. The van der Waals surface area contributed by atoms with Crippen molar-refractivity contribution in [3.05, 3.63) is 0 Å². The molecule has 0 aliphatic heterocycles. The summed E-state index contributed by atoms with van der Waals surface area (Å²) in [5.41, 5.74) is 0. The van der Waals surface area contributed by atoms with E-state index in [0.717, 1.165) is 26.1 Å². The van der Waals surface area contributed by atoms with Crippen molar-refractivity contribution in [1.29, 1.82) is 0 Å². The molecule has 0 bridgehead atoms. The van der Waals surface area contributed by atoms with Crippen molar-refractivity contribution in [1.82, 2.24) is 4.90 Å². The summed E-state index contributed by atoms with van der Waals surface area (Å²) in [7, 11) is 3.12. The highest BCUT2D eigenvalue weighted by Gasteiger charge is 2.08. The molecule has 0 rings (SSSR count). The monoisotopic (exact) mass is 231 g/mol. The van der Waals surface area contributed by atoms with Crippen LogP contribution in [0.3, 0.4) is 0 Å². The highest BCUT2D eigenvalue weighted by Crippen LogP contribution is 2.03. The second-order valence-electron chi connectivity index (χ2n) is 4.34. The number of methoxy groups -OCH3 is 2. The van der Waals surface area contributed by atoms with E-state index >= 15 is 0 Å². The Kier molecular flexibility index (Phi) is 9.24. The predicted molar refractivity (Wildman–Crippen MR) is 64.4 cm³/mol. The maximum absolute atomic E-state index is 11.0. The van der Waals surface area contributed by atoms with Crippen molar-refractivity contribution in [3.8, 4) is 0 Å². The molecule has 0 aliphatic rings. The smallest absolute Gasteiger partial charge is 0.306 e. The fraction of sp³-hybridized carbons (Fsp3) is 0.917. The van der Waals surface area contributed by atoms with E-state index in [9.17, 15) is 4.79 Å². The number of hydrogen-bond acceptors (Lipinski definition) is 4. The van der Waals surface area contributed by atoms with Crippen LogP contribution in [-0.2, 0) is 14.3 Å². The number of esters is 1. The van der Waals surface area contributed by atoms with Crippen LogP contribution in [0.5, 0.6) is 0 Å². The number of carbonyl (C=O) groups is 1. The fourth-order valence-corrected chi connectivity index (χ4v) is 1.35. The molecule has 0 N–H and O–H groups in total. The largest absolute Gasteiger partial charge is 0.469 e. The minimum Gasteiger partial charge on any atom is -0.469 e. The van der Waals surface area contributed by atoms with Crippen molar-refractivity contribution >= 4 is 5.97 Å². The van der Waals surface area contributed by atoms with Crippen molar-refractivity contribution < 1.29 is 14.3 Å². The lowest BCUT2D eigenvalue weighted by Gasteiger charge is -2.22. The molecule has 0 spiro atoms. The lowest BCUT2D eigenvalue weighted by Crippen LogP contribution is -2.31. The Balaban J connectivity index is 3.84.